The maximum absolute atomic E-state index is 12.3. The van der Waals surface area contributed by atoms with Crippen LogP contribution in [0.2, 0.25) is 0 Å². The van der Waals surface area contributed by atoms with E-state index in [0.717, 1.165) is 16.3 Å². The first-order valence-electron chi connectivity index (χ1n) is 4.91. The first-order valence-corrected chi connectivity index (χ1v) is 4.91. The van der Waals surface area contributed by atoms with Crippen molar-refractivity contribution in [1.29, 1.82) is 0 Å². The largest absolute Gasteiger partial charge is 0.435 e. The molecule has 0 aliphatic heterocycles. The van der Waals surface area contributed by atoms with Crippen LogP contribution >= 0.6 is 0 Å². The van der Waals surface area contributed by atoms with Crippen LogP contribution in [-0.2, 0) is 6.18 Å². The fraction of sp³-hybridized carbons (Fsp3) is 0.0833. The molecule has 1 aromatic heterocycles. The molecule has 0 fully saturated rings. The van der Waals surface area contributed by atoms with Crippen LogP contribution in [0.4, 0.5) is 13.2 Å². The number of aromatic nitrogens is 2. The highest BCUT2D eigenvalue weighted by Crippen LogP contribution is 2.27. The summed E-state index contributed by atoms with van der Waals surface area (Å²) in [5.74, 6) is 0. The van der Waals surface area contributed by atoms with E-state index in [2.05, 4.69) is 5.10 Å². The summed E-state index contributed by atoms with van der Waals surface area (Å²) in [6, 6.07) is 10.2. The van der Waals surface area contributed by atoms with Gasteiger partial charge in [0.15, 0.2) is 5.69 Å². The average Bonchev–Trinajstić information content (AvgIpc) is 2.76. The summed E-state index contributed by atoms with van der Waals surface area (Å²) < 4.78 is 37.9. The van der Waals surface area contributed by atoms with Gasteiger partial charge in [-0.05, 0) is 17.7 Å². The second-order valence-corrected chi connectivity index (χ2v) is 3.41. The molecule has 0 N–H and O–H groups in total. The van der Waals surface area contributed by atoms with Gasteiger partial charge in [-0.2, -0.15) is 18.3 Å². The van der Waals surface area contributed by atoms with Crippen molar-refractivity contribution in [3.8, 4) is 0 Å². The van der Waals surface area contributed by atoms with Crippen molar-refractivity contribution < 1.29 is 13.2 Å². The fourth-order valence-corrected chi connectivity index (χ4v) is 1.30. The van der Waals surface area contributed by atoms with E-state index in [4.69, 9.17) is 0 Å². The third-order valence-corrected chi connectivity index (χ3v) is 2.12. The molecule has 0 bridgehead atoms. The lowest BCUT2D eigenvalue weighted by atomic mass is 10.2. The van der Waals surface area contributed by atoms with Crippen LogP contribution in [0.5, 0.6) is 0 Å². The van der Waals surface area contributed by atoms with Gasteiger partial charge in [-0.25, -0.2) is 4.68 Å². The van der Waals surface area contributed by atoms with Gasteiger partial charge in [0.05, 0.1) is 0 Å². The van der Waals surface area contributed by atoms with Crippen LogP contribution in [0.25, 0.3) is 12.3 Å². The predicted octanol–water partition coefficient (Wildman–Crippen LogP) is 3.53. The van der Waals surface area contributed by atoms with Gasteiger partial charge in [-0.3, -0.25) is 0 Å². The molecule has 0 radical (unpaired) electrons. The summed E-state index contributed by atoms with van der Waals surface area (Å²) in [6.07, 6.45) is 0.0336. The highest BCUT2D eigenvalue weighted by atomic mass is 19.4. The number of hydrogen-bond donors (Lipinski definition) is 0. The minimum Gasteiger partial charge on any atom is -0.248 e. The van der Waals surface area contributed by atoms with Crippen LogP contribution in [-0.4, -0.2) is 9.78 Å². The summed E-state index contributed by atoms with van der Waals surface area (Å²) in [5.41, 5.74) is 0.00627. The van der Waals surface area contributed by atoms with Gasteiger partial charge in [0.25, 0.3) is 0 Å². The lowest BCUT2D eigenvalue weighted by Crippen LogP contribution is -2.06. The summed E-state index contributed by atoms with van der Waals surface area (Å²) >= 11 is 0. The van der Waals surface area contributed by atoms with Crippen molar-refractivity contribution in [2.24, 2.45) is 0 Å². The topological polar surface area (TPSA) is 17.8 Å². The average molecular weight is 238 g/mol. The van der Waals surface area contributed by atoms with Crippen LogP contribution in [0.3, 0.4) is 0 Å². The minimum atomic E-state index is -4.40. The summed E-state index contributed by atoms with van der Waals surface area (Å²) in [7, 11) is 0. The van der Waals surface area contributed by atoms with Crippen LogP contribution in [0, 0.1) is 0 Å². The highest BCUT2D eigenvalue weighted by Gasteiger charge is 2.33. The van der Waals surface area contributed by atoms with Gasteiger partial charge in [-0.15, -0.1) is 0 Å². The Kier molecular flexibility index (Phi) is 2.99. The highest BCUT2D eigenvalue weighted by molar-refractivity contribution is 5.59. The monoisotopic (exact) mass is 238 g/mol. The van der Waals surface area contributed by atoms with E-state index >= 15 is 0 Å². The Morgan fingerprint density at radius 2 is 1.76 bits per heavy atom. The van der Waals surface area contributed by atoms with Crippen LogP contribution < -0.4 is 0 Å². The molecule has 0 atom stereocenters. The Hall–Kier alpha value is -2.04. The minimum absolute atomic E-state index is 0.893. The molecule has 5 heteroatoms. The molecule has 88 valence electrons. The zero-order chi connectivity index (χ0) is 12.3. The van der Waals surface area contributed by atoms with E-state index in [0.29, 0.717) is 0 Å². The van der Waals surface area contributed by atoms with Gasteiger partial charge in [0.1, 0.15) is 0 Å². The van der Waals surface area contributed by atoms with E-state index in [1.807, 2.05) is 30.3 Å². The van der Waals surface area contributed by atoms with E-state index in [1.165, 1.54) is 12.4 Å². The van der Waals surface area contributed by atoms with E-state index in [9.17, 15) is 13.2 Å². The Morgan fingerprint density at radius 3 is 2.35 bits per heavy atom. The molecule has 0 aliphatic rings. The van der Waals surface area contributed by atoms with Gasteiger partial charge in [0.2, 0.25) is 0 Å². The molecule has 0 unspecified atom stereocenters. The molecule has 0 amide bonds. The molecular formula is C12H9F3N2. The number of rotatable bonds is 2. The lowest BCUT2D eigenvalue weighted by molar-refractivity contribution is -0.141. The fourth-order valence-electron chi connectivity index (χ4n) is 1.30. The third-order valence-electron chi connectivity index (χ3n) is 2.12. The van der Waals surface area contributed by atoms with Gasteiger partial charge in [0, 0.05) is 12.4 Å². The zero-order valence-corrected chi connectivity index (χ0v) is 8.72. The SMILES string of the molecule is FC(F)(F)c1ccn(/C=C/c2ccccc2)n1. The van der Waals surface area contributed by atoms with E-state index < -0.39 is 11.9 Å². The Balaban J connectivity index is 2.15. The smallest absolute Gasteiger partial charge is 0.248 e. The summed E-state index contributed by atoms with van der Waals surface area (Å²) in [4.78, 5) is 0. The normalized spacial score (nSPS) is 12.2. The number of nitrogens with zero attached hydrogens (tertiary/aromatic N) is 2. The van der Waals surface area contributed by atoms with E-state index in [-0.39, 0.29) is 0 Å². The van der Waals surface area contributed by atoms with E-state index in [1.54, 1.807) is 6.08 Å². The molecule has 2 rings (SSSR count). The first kappa shape index (κ1) is 11.4. The molecule has 1 aromatic carbocycles. The Labute approximate surface area is 96.0 Å². The predicted molar refractivity (Wildman–Crippen MR) is 58.9 cm³/mol. The molecule has 0 saturated carbocycles. The van der Waals surface area contributed by atoms with Crippen molar-refractivity contribution >= 4 is 12.3 Å². The van der Waals surface area contributed by atoms with Gasteiger partial charge < -0.3 is 0 Å². The van der Waals surface area contributed by atoms with Crippen molar-refractivity contribution in [2.75, 3.05) is 0 Å². The maximum Gasteiger partial charge on any atom is 0.435 e. The molecule has 17 heavy (non-hydrogen) atoms. The lowest BCUT2D eigenvalue weighted by Gasteiger charge is -1.99. The molecule has 2 aromatic rings. The Morgan fingerprint density at radius 1 is 1.06 bits per heavy atom. The number of benzene rings is 1. The molecule has 0 spiro atoms. The Bertz CT molecular complexity index is 512. The summed E-state index contributed by atoms with van der Waals surface area (Å²) in [6.45, 7) is 0. The number of halogens is 3. The zero-order valence-electron chi connectivity index (χ0n) is 8.72. The second-order valence-electron chi connectivity index (χ2n) is 3.41. The van der Waals surface area contributed by atoms with Crippen LogP contribution in [0.1, 0.15) is 11.3 Å². The summed E-state index contributed by atoms with van der Waals surface area (Å²) in [5, 5.41) is 3.40. The second kappa shape index (κ2) is 4.45. The molecule has 1 heterocycles. The van der Waals surface area contributed by atoms with Gasteiger partial charge in [-0.1, -0.05) is 30.3 Å². The third kappa shape index (κ3) is 2.96. The van der Waals surface area contributed by atoms with Crippen molar-refractivity contribution in [2.45, 2.75) is 6.18 Å². The number of hydrogen-bond acceptors (Lipinski definition) is 1. The van der Waals surface area contributed by atoms with Crippen LogP contribution in [0.15, 0.2) is 42.6 Å². The first-order chi connectivity index (χ1) is 8.05. The quantitative estimate of drug-likeness (QED) is 0.782. The number of alkyl halides is 3. The molecule has 0 aliphatic carbocycles. The standard InChI is InChI=1S/C12H9F3N2/c13-12(14,15)11-7-9-17(16-11)8-6-10-4-2-1-3-5-10/h1-9H/b8-6+. The maximum atomic E-state index is 12.3. The van der Waals surface area contributed by atoms with Gasteiger partial charge >= 0.3 is 6.18 Å². The molecular weight excluding hydrogens is 229 g/mol. The van der Waals surface area contributed by atoms with Crippen molar-refractivity contribution in [1.82, 2.24) is 9.78 Å². The molecule has 2 nitrogen and oxygen atoms in total. The van der Waals surface area contributed by atoms with Crippen molar-refractivity contribution in [3.63, 3.8) is 0 Å². The van der Waals surface area contributed by atoms with Crippen molar-refractivity contribution in [3.05, 3.63) is 53.9 Å². The molecule has 0 saturated heterocycles.